The summed E-state index contributed by atoms with van der Waals surface area (Å²) in [5.41, 5.74) is 4.28. The Morgan fingerprint density at radius 1 is 1.18 bits per heavy atom. The molecule has 2 aromatic carbocycles. The van der Waals surface area contributed by atoms with E-state index in [0.29, 0.717) is 49.1 Å². The number of benzene rings is 2. The summed E-state index contributed by atoms with van der Waals surface area (Å²) in [6.07, 6.45) is 12.3. The zero-order valence-corrected chi connectivity index (χ0v) is 30.4. The average Bonchev–Trinajstić information content (AvgIpc) is 3.44. The maximum Gasteiger partial charge on any atom is 0.286 e. The molecule has 0 radical (unpaired) electrons. The van der Waals surface area contributed by atoms with Crippen molar-refractivity contribution in [3.63, 3.8) is 0 Å². The summed E-state index contributed by atoms with van der Waals surface area (Å²) in [5, 5.41) is 5.07. The van der Waals surface area contributed by atoms with Crippen molar-refractivity contribution in [3.8, 4) is 5.75 Å². The number of hydrogen-bond donors (Lipinski definition) is 1. The number of carbonyl (C=O) groups is 2. The van der Waals surface area contributed by atoms with Crippen LogP contribution in [0.3, 0.4) is 0 Å². The second kappa shape index (κ2) is 14.5. The van der Waals surface area contributed by atoms with Crippen LogP contribution in [0.5, 0.6) is 5.75 Å². The highest BCUT2D eigenvalue weighted by Crippen LogP contribution is 2.47. The Morgan fingerprint density at radius 3 is 2.84 bits per heavy atom. The lowest BCUT2D eigenvalue weighted by Gasteiger charge is -2.46. The third-order valence-electron chi connectivity index (χ3n) is 10.9. The fourth-order valence-electron chi connectivity index (χ4n) is 8.15. The molecule has 7 rings (SSSR count). The number of aryl methyl sites for hydroxylation is 3. The Kier molecular flexibility index (Phi) is 10.1. The van der Waals surface area contributed by atoms with Crippen molar-refractivity contribution in [2.24, 2.45) is 16.2 Å². The largest absolute Gasteiger partial charge is 0.490 e. The molecule has 0 unspecified atom stereocenters. The van der Waals surface area contributed by atoms with E-state index < -0.39 is 21.7 Å². The van der Waals surface area contributed by atoms with Crippen molar-refractivity contribution in [3.05, 3.63) is 88.2 Å². The summed E-state index contributed by atoms with van der Waals surface area (Å²) in [6.45, 7) is 4.23. The molecule has 266 valence electrons. The number of rotatable bonds is 5. The van der Waals surface area contributed by atoms with Gasteiger partial charge in [-0.25, -0.2) is 4.21 Å². The number of halogens is 1. The predicted molar refractivity (Wildman–Crippen MR) is 195 cm³/mol. The van der Waals surface area contributed by atoms with Gasteiger partial charge < -0.3 is 14.4 Å². The first-order chi connectivity index (χ1) is 24.1. The number of methoxy groups -OCH3 is 1. The summed E-state index contributed by atoms with van der Waals surface area (Å²) in [5.74, 6) is 0.444. The van der Waals surface area contributed by atoms with Crippen LogP contribution in [0.4, 0.5) is 5.69 Å². The Labute approximate surface area is 299 Å². The van der Waals surface area contributed by atoms with Gasteiger partial charge in [-0.2, -0.15) is 5.10 Å². The topological polar surface area (TPSA) is 115 Å². The van der Waals surface area contributed by atoms with Gasteiger partial charge in [-0.05, 0) is 111 Å². The van der Waals surface area contributed by atoms with Crippen molar-refractivity contribution in [1.82, 2.24) is 14.5 Å². The van der Waals surface area contributed by atoms with Crippen LogP contribution in [0.1, 0.15) is 72.1 Å². The Bertz CT molecular complexity index is 1920. The molecular weight excluding hydrogens is 674 g/mol. The third kappa shape index (κ3) is 7.36. The summed E-state index contributed by atoms with van der Waals surface area (Å²) >= 11 is 6.45. The smallest absolute Gasteiger partial charge is 0.286 e. The SMILES string of the molecule is CO[C@H]1/C=C/CCC[S@@](=O)(NC(=O)CCn2ccc(C)n2)=NC(=O)c2ccc3c(c2)N(C[C@@H]2CC[C@H]21)C[C@@]1(CCCc2cc(Cl)ccc21)CO3. The molecule has 2 bridgehead atoms. The molecule has 1 N–H and O–H groups in total. The number of amides is 2. The molecule has 1 spiro atoms. The first-order valence-electron chi connectivity index (χ1n) is 17.7. The van der Waals surface area contributed by atoms with Gasteiger partial charge in [-0.1, -0.05) is 29.8 Å². The molecule has 1 fully saturated rings. The van der Waals surface area contributed by atoms with Crippen LogP contribution in [0.15, 0.2) is 65.2 Å². The molecule has 5 atom stereocenters. The molecule has 2 aliphatic heterocycles. The van der Waals surface area contributed by atoms with Gasteiger partial charge in [0, 0.05) is 55.4 Å². The number of ether oxygens (including phenoxy) is 2. The van der Waals surface area contributed by atoms with Gasteiger partial charge in [-0.15, -0.1) is 4.36 Å². The molecule has 3 heterocycles. The van der Waals surface area contributed by atoms with Crippen LogP contribution < -0.4 is 14.4 Å². The summed E-state index contributed by atoms with van der Waals surface area (Å²) in [6, 6.07) is 13.5. The van der Waals surface area contributed by atoms with Crippen molar-refractivity contribution in [2.45, 2.75) is 76.4 Å². The quantitative estimate of drug-likeness (QED) is 0.302. The lowest BCUT2D eigenvalue weighted by Crippen LogP contribution is -2.49. The maximum absolute atomic E-state index is 14.2. The predicted octanol–water partition coefficient (Wildman–Crippen LogP) is 6.44. The van der Waals surface area contributed by atoms with Crippen LogP contribution in [0.2, 0.25) is 5.02 Å². The third-order valence-corrected chi connectivity index (χ3v) is 13.0. The molecule has 1 aromatic heterocycles. The van der Waals surface area contributed by atoms with Gasteiger partial charge in [0.15, 0.2) is 0 Å². The molecule has 2 aliphatic carbocycles. The number of nitrogens with zero attached hydrogens (tertiary/aromatic N) is 4. The normalized spacial score (nSPS) is 28.7. The first kappa shape index (κ1) is 34.8. The zero-order chi connectivity index (χ0) is 34.9. The minimum absolute atomic E-state index is 0.0385. The van der Waals surface area contributed by atoms with E-state index in [2.05, 4.69) is 43.4 Å². The summed E-state index contributed by atoms with van der Waals surface area (Å²) in [7, 11) is -1.65. The minimum Gasteiger partial charge on any atom is -0.490 e. The number of aromatic nitrogens is 2. The van der Waals surface area contributed by atoms with Crippen molar-refractivity contribution in [1.29, 1.82) is 0 Å². The Hall–Kier alpha value is -3.67. The second-order valence-electron chi connectivity index (χ2n) is 14.3. The van der Waals surface area contributed by atoms with Gasteiger partial charge in [0.05, 0.1) is 29.8 Å². The lowest BCUT2D eigenvalue weighted by molar-refractivity contribution is -0.119. The van der Waals surface area contributed by atoms with Crippen molar-refractivity contribution in [2.75, 3.05) is 37.5 Å². The molecule has 2 amide bonds. The Balaban J connectivity index is 1.24. The van der Waals surface area contributed by atoms with Crippen molar-refractivity contribution >= 4 is 39.0 Å². The standard InChI is InChI=1S/C38H46ClN5O5S/c1-26-15-18-44(40-26)19-16-36(45)41-50(47)20-5-3-4-8-34(48-2)31-12-9-29(31)23-43-24-38(17-6-7-27-21-30(39)11-13-32(27)38)25-49-35-14-10-28(22-33(35)43)37(46)42-50/h4,8,10-11,13-15,18,21-22,29,31,34H,3,5-7,9,12,16-17,19-20,23-25H2,1-2H3,(H,41,42,45,46,47)/b8-4+/t29-,31+,34-,38-,50+/m0/s1. The van der Waals surface area contributed by atoms with Gasteiger partial charge in [0.25, 0.3) is 5.91 Å². The number of anilines is 1. The molecular formula is C38H46ClN5O5S. The van der Waals surface area contributed by atoms with Crippen LogP contribution in [0, 0.1) is 18.8 Å². The van der Waals surface area contributed by atoms with Crippen LogP contribution in [-0.2, 0) is 37.8 Å². The number of hydrogen-bond acceptors (Lipinski definition) is 7. The summed E-state index contributed by atoms with van der Waals surface area (Å²) < 4.78 is 35.4. The van der Waals surface area contributed by atoms with Gasteiger partial charge >= 0.3 is 0 Å². The highest BCUT2D eigenvalue weighted by atomic mass is 35.5. The molecule has 4 aliphatic rings. The number of nitrogens with one attached hydrogen (secondary N) is 1. The maximum atomic E-state index is 14.2. The van der Waals surface area contributed by atoms with E-state index in [1.165, 1.54) is 11.1 Å². The molecule has 0 saturated heterocycles. The molecule has 1 saturated carbocycles. The van der Waals surface area contributed by atoms with E-state index in [0.717, 1.165) is 61.6 Å². The monoisotopic (exact) mass is 719 g/mol. The molecule has 12 heteroatoms. The van der Waals surface area contributed by atoms with Crippen molar-refractivity contribution < 1.29 is 23.3 Å². The summed E-state index contributed by atoms with van der Waals surface area (Å²) in [4.78, 5) is 29.3. The van der Waals surface area contributed by atoms with E-state index in [-0.39, 0.29) is 23.7 Å². The van der Waals surface area contributed by atoms with Crippen LogP contribution in [0.25, 0.3) is 0 Å². The highest BCUT2D eigenvalue weighted by Gasteiger charge is 2.44. The number of allylic oxidation sites excluding steroid dienone is 1. The lowest BCUT2D eigenvalue weighted by atomic mass is 9.68. The van der Waals surface area contributed by atoms with Crippen LogP contribution in [-0.4, -0.2) is 64.5 Å². The fourth-order valence-corrected chi connectivity index (χ4v) is 9.97. The van der Waals surface area contributed by atoms with Gasteiger partial charge in [0.1, 0.15) is 15.7 Å². The highest BCUT2D eigenvalue weighted by molar-refractivity contribution is 7.92. The molecule has 3 aromatic rings. The fraction of sp³-hybridized carbons (Fsp3) is 0.500. The Morgan fingerprint density at radius 2 is 2.06 bits per heavy atom. The first-order valence-corrected chi connectivity index (χ1v) is 19.8. The van der Waals surface area contributed by atoms with E-state index in [9.17, 15) is 13.8 Å². The number of carbonyl (C=O) groups excluding carboxylic acids is 2. The minimum atomic E-state index is -3.42. The van der Waals surface area contributed by atoms with E-state index in [4.69, 9.17) is 21.1 Å². The van der Waals surface area contributed by atoms with E-state index in [1.54, 1.807) is 24.1 Å². The number of fused-ring (bicyclic) bond motifs is 4. The van der Waals surface area contributed by atoms with Crippen LogP contribution >= 0.6 is 11.6 Å². The average molecular weight is 720 g/mol. The molecule has 10 nitrogen and oxygen atoms in total. The second-order valence-corrected chi connectivity index (χ2v) is 16.8. The molecule has 50 heavy (non-hydrogen) atoms. The van der Waals surface area contributed by atoms with E-state index in [1.807, 2.05) is 31.2 Å². The van der Waals surface area contributed by atoms with E-state index >= 15 is 0 Å². The zero-order valence-electron chi connectivity index (χ0n) is 28.8. The van der Waals surface area contributed by atoms with Gasteiger partial charge in [-0.3, -0.25) is 19.0 Å². The van der Waals surface area contributed by atoms with Gasteiger partial charge in [0.2, 0.25) is 5.91 Å².